The monoisotopic (exact) mass is 430 g/mol. The second-order valence-electron chi connectivity index (χ2n) is 7.02. The van der Waals surface area contributed by atoms with Crippen LogP contribution in [0.1, 0.15) is 45.4 Å². The number of benzene rings is 1. The molecule has 1 unspecified atom stereocenters. The Morgan fingerprint density at radius 1 is 1.31 bits per heavy atom. The number of hydrogen-bond donors (Lipinski definition) is 2. The SMILES string of the molecule is Cn1ncc2c1CCCC2NC(=O)c1cccc(S(=O)(=O)NCc2cccs2)c1. The summed E-state index contributed by atoms with van der Waals surface area (Å²) in [6.45, 7) is 0.224. The lowest BCUT2D eigenvalue weighted by Crippen LogP contribution is -2.31. The fourth-order valence-electron chi connectivity index (χ4n) is 3.56. The van der Waals surface area contributed by atoms with E-state index in [4.69, 9.17) is 0 Å². The molecule has 9 heteroatoms. The molecule has 0 radical (unpaired) electrons. The summed E-state index contributed by atoms with van der Waals surface area (Å²) in [6.07, 6.45) is 4.56. The maximum Gasteiger partial charge on any atom is 0.251 e. The fourth-order valence-corrected chi connectivity index (χ4v) is 5.35. The lowest BCUT2D eigenvalue weighted by Gasteiger charge is -2.24. The molecule has 0 aliphatic heterocycles. The van der Waals surface area contributed by atoms with Gasteiger partial charge in [0, 0.05) is 35.3 Å². The molecule has 0 saturated carbocycles. The van der Waals surface area contributed by atoms with Crippen molar-refractivity contribution < 1.29 is 13.2 Å². The zero-order valence-electron chi connectivity index (χ0n) is 16.0. The van der Waals surface area contributed by atoms with Crippen LogP contribution in [-0.2, 0) is 30.0 Å². The Morgan fingerprint density at radius 2 is 2.17 bits per heavy atom. The highest BCUT2D eigenvalue weighted by molar-refractivity contribution is 7.89. The first-order chi connectivity index (χ1) is 13.9. The Morgan fingerprint density at radius 3 is 2.97 bits per heavy atom. The van der Waals surface area contributed by atoms with Crippen LogP contribution < -0.4 is 10.0 Å². The molecule has 7 nitrogen and oxygen atoms in total. The van der Waals surface area contributed by atoms with Crippen LogP contribution in [0.25, 0.3) is 0 Å². The minimum Gasteiger partial charge on any atom is -0.345 e. The van der Waals surface area contributed by atoms with Gasteiger partial charge in [-0.2, -0.15) is 5.10 Å². The molecular weight excluding hydrogens is 408 g/mol. The van der Waals surface area contributed by atoms with Gasteiger partial charge in [0.15, 0.2) is 0 Å². The van der Waals surface area contributed by atoms with Crippen LogP contribution in [0.3, 0.4) is 0 Å². The molecule has 152 valence electrons. The van der Waals surface area contributed by atoms with Crippen molar-refractivity contribution in [1.82, 2.24) is 19.8 Å². The summed E-state index contributed by atoms with van der Waals surface area (Å²) in [5.74, 6) is -0.290. The van der Waals surface area contributed by atoms with E-state index in [0.29, 0.717) is 5.56 Å². The van der Waals surface area contributed by atoms with E-state index in [-0.39, 0.29) is 23.4 Å². The van der Waals surface area contributed by atoms with Crippen molar-refractivity contribution in [2.75, 3.05) is 0 Å². The normalized spacial score (nSPS) is 16.4. The van der Waals surface area contributed by atoms with Crippen molar-refractivity contribution in [2.45, 2.75) is 36.7 Å². The summed E-state index contributed by atoms with van der Waals surface area (Å²) < 4.78 is 29.6. The van der Waals surface area contributed by atoms with Gasteiger partial charge in [-0.15, -0.1) is 11.3 Å². The van der Waals surface area contributed by atoms with Crippen LogP contribution in [0.4, 0.5) is 0 Å². The summed E-state index contributed by atoms with van der Waals surface area (Å²) in [4.78, 5) is 13.8. The highest BCUT2D eigenvalue weighted by Gasteiger charge is 2.25. The average Bonchev–Trinajstić information content (AvgIpc) is 3.37. The molecule has 1 atom stereocenters. The van der Waals surface area contributed by atoms with E-state index in [1.807, 2.05) is 29.2 Å². The molecule has 3 aromatic rings. The number of nitrogens with one attached hydrogen (secondary N) is 2. The summed E-state index contributed by atoms with van der Waals surface area (Å²) in [5.41, 5.74) is 2.49. The predicted octanol–water partition coefficient (Wildman–Crippen LogP) is 2.77. The van der Waals surface area contributed by atoms with Gasteiger partial charge in [0.2, 0.25) is 10.0 Å². The number of rotatable bonds is 6. The first kappa shape index (κ1) is 19.8. The maximum absolute atomic E-state index is 12.8. The molecule has 0 bridgehead atoms. The van der Waals surface area contributed by atoms with Gasteiger partial charge in [0.25, 0.3) is 5.91 Å². The standard InChI is InChI=1S/C20H22N4O3S2/c1-24-19-9-3-8-18(17(19)13-21-24)23-20(25)14-5-2-7-16(11-14)29(26,27)22-12-15-6-4-10-28-15/h2,4-7,10-11,13,18,22H,3,8-9,12H2,1H3,(H,23,25). The van der Waals surface area contributed by atoms with E-state index < -0.39 is 10.0 Å². The minimum absolute atomic E-state index is 0.0763. The Hall–Kier alpha value is -2.49. The highest BCUT2D eigenvalue weighted by atomic mass is 32.2. The van der Waals surface area contributed by atoms with E-state index >= 15 is 0 Å². The number of aryl methyl sites for hydroxylation is 1. The van der Waals surface area contributed by atoms with Crippen molar-refractivity contribution >= 4 is 27.3 Å². The predicted molar refractivity (Wildman–Crippen MR) is 111 cm³/mol. The van der Waals surface area contributed by atoms with E-state index in [0.717, 1.165) is 35.4 Å². The number of sulfonamides is 1. The highest BCUT2D eigenvalue weighted by Crippen LogP contribution is 2.29. The van der Waals surface area contributed by atoms with Crippen LogP contribution in [0.5, 0.6) is 0 Å². The van der Waals surface area contributed by atoms with Gasteiger partial charge in [-0.1, -0.05) is 12.1 Å². The third-order valence-corrected chi connectivity index (χ3v) is 7.38. The molecule has 1 aliphatic carbocycles. The number of carbonyl (C=O) groups excluding carboxylic acids is 1. The van der Waals surface area contributed by atoms with Gasteiger partial charge in [-0.25, -0.2) is 13.1 Å². The van der Waals surface area contributed by atoms with E-state index in [1.165, 1.54) is 23.5 Å². The summed E-state index contributed by atoms with van der Waals surface area (Å²) in [7, 11) is -1.80. The number of hydrogen-bond acceptors (Lipinski definition) is 5. The minimum atomic E-state index is -3.71. The van der Waals surface area contributed by atoms with E-state index in [9.17, 15) is 13.2 Å². The molecule has 0 spiro atoms. The Kier molecular flexibility index (Phi) is 5.53. The van der Waals surface area contributed by atoms with Crippen LogP contribution in [0.2, 0.25) is 0 Å². The Bertz CT molecular complexity index is 1120. The van der Waals surface area contributed by atoms with Gasteiger partial charge in [-0.05, 0) is 48.9 Å². The summed E-state index contributed by atoms with van der Waals surface area (Å²) in [5, 5.41) is 9.22. The second kappa shape index (κ2) is 8.10. The topological polar surface area (TPSA) is 93.1 Å². The molecule has 2 aromatic heterocycles. The Labute approximate surface area is 173 Å². The van der Waals surface area contributed by atoms with Gasteiger partial charge in [0.05, 0.1) is 17.1 Å². The maximum atomic E-state index is 12.8. The number of thiophene rings is 1. The smallest absolute Gasteiger partial charge is 0.251 e. The van der Waals surface area contributed by atoms with Crippen LogP contribution >= 0.6 is 11.3 Å². The zero-order chi connectivity index (χ0) is 20.4. The van der Waals surface area contributed by atoms with E-state index in [2.05, 4.69) is 15.1 Å². The van der Waals surface area contributed by atoms with E-state index in [1.54, 1.807) is 18.3 Å². The zero-order valence-corrected chi connectivity index (χ0v) is 17.6. The fraction of sp³-hybridized carbons (Fsp3) is 0.300. The number of fused-ring (bicyclic) bond motifs is 1. The number of aromatic nitrogens is 2. The molecule has 0 fully saturated rings. The third kappa shape index (κ3) is 4.26. The molecule has 1 aliphatic rings. The molecule has 29 heavy (non-hydrogen) atoms. The van der Waals surface area contributed by atoms with Crippen molar-refractivity contribution in [2.24, 2.45) is 7.05 Å². The first-order valence-corrected chi connectivity index (χ1v) is 11.7. The molecule has 0 saturated heterocycles. The number of carbonyl (C=O) groups is 1. The molecule has 2 N–H and O–H groups in total. The molecular formula is C20H22N4O3S2. The van der Waals surface area contributed by atoms with Gasteiger partial charge >= 0.3 is 0 Å². The van der Waals surface area contributed by atoms with Gasteiger partial charge < -0.3 is 5.32 Å². The number of amides is 1. The Balaban J connectivity index is 1.49. The van der Waals surface area contributed by atoms with Crippen molar-refractivity contribution in [3.05, 3.63) is 69.7 Å². The average molecular weight is 431 g/mol. The van der Waals surface area contributed by atoms with Crippen LogP contribution in [-0.4, -0.2) is 24.1 Å². The number of nitrogens with zero attached hydrogens (tertiary/aromatic N) is 2. The second-order valence-corrected chi connectivity index (χ2v) is 9.82. The van der Waals surface area contributed by atoms with Crippen molar-refractivity contribution in [1.29, 1.82) is 0 Å². The molecule has 1 amide bonds. The summed E-state index contributed by atoms with van der Waals surface area (Å²) in [6, 6.07) is 9.75. The van der Waals surface area contributed by atoms with Gasteiger partial charge in [0.1, 0.15) is 0 Å². The third-order valence-electron chi connectivity index (χ3n) is 5.10. The van der Waals surface area contributed by atoms with Crippen molar-refractivity contribution in [3.8, 4) is 0 Å². The van der Waals surface area contributed by atoms with Crippen LogP contribution in [0, 0.1) is 0 Å². The first-order valence-electron chi connectivity index (χ1n) is 9.38. The molecule has 4 rings (SSSR count). The molecule has 2 heterocycles. The lowest BCUT2D eigenvalue weighted by atomic mass is 9.93. The largest absolute Gasteiger partial charge is 0.345 e. The summed E-state index contributed by atoms with van der Waals surface area (Å²) >= 11 is 1.48. The quantitative estimate of drug-likeness (QED) is 0.629. The lowest BCUT2D eigenvalue weighted by molar-refractivity contribution is 0.0932. The van der Waals surface area contributed by atoms with Crippen LogP contribution in [0.15, 0.2) is 52.9 Å². The molecule has 1 aromatic carbocycles. The van der Waals surface area contributed by atoms with Gasteiger partial charge in [-0.3, -0.25) is 9.48 Å². The van der Waals surface area contributed by atoms with Crippen molar-refractivity contribution in [3.63, 3.8) is 0 Å².